The molecule has 2 rings (SSSR count). The van der Waals surface area contributed by atoms with Crippen molar-refractivity contribution in [2.24, 2.45) is 0 Å². The molecule has 130 valence electrons. The van der Waals surface area contributed by atoms with E-state index >= 15 is 0 Å². The first-order valence-corrected chi connectivity index (χ1v) is 8.80. The highest BCUT2D eigenvalue weighted by Crippen LogP contribution is 2.29. The van der Waals surface area contributed by atoms with Gasteiger partial charge in [0.25, 0.3) is 5.69 Å². The van der Waals surface area contributed by atoms with Gasteiger partial charge in [0.15, 0.2) is 0 Å². The van der Waals surface area contributed by atoms with E-state index in [-0.39, 0.29) is 34.6 Å². The fraction of sp³-hybridized carbons (Fsp3) is 0.571. The molecule has 0 radical (unpaired) electrons. The molecule has 0 aromatic heterocycles. The van der Waals surface area contributed by atoms with E-state index in [2.05, 4.69) is 5.32 Å². The van der Waals surface area contributed by atoms with Crippen molar-refractivity contribution in [1.29, 1.82) is 0 Å². The molecule has 0 amide bonds. The average molecular weight is 364 g/mol. The SMILES string of the molecule is CCCN(C1CCNC1)S(=O)(=O)c1cccc([N+](=O)[O-])c1C.Cl. The Kier molecular flexibility index (Phi) is 6.94. The Morgan fingerprint density at radius 2 is 2.13 bits per heavy atom. The van der Waals surface area contributed by atoms with Gasteiger partial charge in [0, 0.05) is 30.8 Å². The van der Waals surface area contributed by atoms with Gasteiger partial charge in [-0.1, -0.05) is 13.0 Å². The van der Waals surface area contributed by atoms with Gasteiger partial charge in [-0.3, -0.25) is 10.1 Å². The molecule has 9 heteroatoms. The van der Waals surface area contributed by atoms with Crippen LogP contribution in [-0.2, 0) is 10.0 Å². The van der Waals surface area contributed by atoms with Crippen LogP contribution in [0.5, 0.6) is 0 Å². The lowest BCUT2D eigenvalue weighted by atomic mass is 10.2. The number of nitrogens with zero attached hydrogens (tertiary/aromatic N) is 2. The number of hydrogen-bond acceptors (Lipinski definition) is 5. The standard InChI is InChI=1S/C14H21N3O4S.ClH/c1-3-9-16(12-7-8-15-10-12)22(20,21)14-6-4-5-13(11(14)2)17(18)19;/h4-6,12,15H,3,7-10H2,1-2H3;1H. The molecular formula is C14H22ClN3O4S. The summed E-state index contributed by atoms with van der Waals surface area (Å²) in [5.74, 6) is 0. The zero-order chi connectivity index (χ0) is 16.3. The van der Waals surface area contributed by atoms with Gasteiger partial charge in [-0.15, -0.1) is 12.4 Å². The van der Waals surface area contributed by atoms with Crippen LogP contribution < -0.4 is 5.32 Å². The predicted octanol–water partition coefficient (Wildman–Crippen LogP) is 2.09. The summed E-state index contributed by atoms with van der Waals surface area (Å²) in [4.78, 5) is 10.5. The maximum Gasteiger partial charge on any atom is 0.273 e. The molecule has 0 spiro atoms. The van der Waals surface area contributed by atoms with E-state index in [1.807, 2.05) is 6.92 Å². The molecule has 1 N–H and O–H groups in total. The van der Waals surface area contributed by atoms with Gasteiger partial charge < -0.3 is 5.32 Å². The van der Waals surface area contributed by atoms with E-state index in [9.17, 15) is 18.5 Å². The third kappa shape index (κ3) is 4.00. The van der Waals surface area contributed by atoms with Crippen LogP contribution in [0, 0.1) is 17.0 Å². The smallest absolute Gasteiger partial charge is 0.273 e. The Bertz CT molecular complexity index is 660. The number of sulfonamides is 1. The van der Waals surface area contributed by atoms with E-state index in [0.29, 0.717) is 19.5 Å². The normalized spacial score (nSPS) is 18.0. The summed E-state index contributed by atoms with van der Waals surface area (Å²) >= 11 is 0. The van der Waals surface area contributed by atoms with Crippen molar-refractivity contribution in [3.8, 4) is 0 Å². The van der Waals surface area contributed by atoms with Crippen LogP contribution >= 0.6 is 12.4 Å². The van der Waals surface area contributed by atoms with E-state index in [1.165, 1.54) is 29.4 Å². The molecular weight excluding hydrogens is 342 g/mol. The van der Waals surface area contributed by atoms with Crippen LogP contribution in [0.25, 0.3) is 0 Å². The van der Waals surface area contributed by atoms with Crippen molar-refractivity contribution in [2.45, 2.75) is 37.6 Å². The molecule has 0 saturated carbocycles. The highest BCUT2D eigenvalue weighted by Gasteiger charge is 2.34. The van der Waals surface area contributed by atoms with Crippen molar-refractivity contribution in [3.05, 3.63) is 33.9 Å². The van der Waals surface area contributed by atoms with Gasteiger partial charge in [0.05, 0.1) is 9.82 Å². The molecule has 1 saturated heterocycles. The molecule has 1 heterocycles. The molecule has 1 aliphatic rings. The van der Waals surface area contributed by atoms with Crippen molar-refractivity contribution in [3.63, 3.8) is 0 Å². The van der Waals surface area contributed by atoms with Crippen molar-refractivity contribution in [2.75, 3.05) is 19.6 Å². The van der Waals surface area contributed by atoms with Gasteiger partial charge in [-0.25, -0.2) is 8.42 Å². The quantitative estimate of drug-likeness (QED) is 0.617. The topological polar surface area (TPSA) is 92.6 Å². The Labute approximate surface area is 142 Å². The van der Waals surface area contributed by atoms with Crippen molar-refractivity contribution >= 4 is 28.1 Å². The number of halogens is 1. The third-order valence-corrected chi connectivity index (χ3v) is 6.02. The highest BCUT2D eigenvalue weighted by atomic mass is 35.5. The number of nitro benzene ring substituents is 1. The van der Waals surface area contributed by atoms with Crippen LogP contribution in [0.15, 0.2) is 23.1 Å². The third-order valence-electron chi connectivity index (χ3n) is 3.92. The average Bonchev–Trinajstić information content (AvgIpc) is 2.97. The summed E-state index contributed by atoms with van der Waals surface area (Å²) < 4.78 is 27.4. The maximum absolute atomic E-state index is 13.0. The molecule has 7 nitrogen and oxygen atoms in total. The highest BCUT2D eigenvalue weighted by molar-refractivity contribution is 7.89. The molecule has 1 aromatic carbocycles. The Balaban J connectivity index is 0.00000264. The minimum Gasteiger partial charge on any atom is -0.315 e. The van der Waals surface area contributed by atoms with Crippen LogP contribution in [0.3, 0.4) is 0 Å². The van der Waals surface area contributed by atoms with Crippen molar-refractivity contribution in [1.82, 2.24) is 9.62 Å². The largest absolute Gasteiger partial charge is 0.315 e. The second-order valence-corrected chi connectivity index (χ2v) is 7.28. The molecule has 1 aliphatic heterocycles. The first-order valence-electron chi connectivity index (χ1n) is 7.36. The maximum atomic E-state index is 13.0. The number of rotatable bonds is 6. The first-order chi connectivity index (χ1) is 10.4. The van der Waals surface area contributed by atoms with Crippen molar-refractivity contribution < 1.29 is 13.3 Å². The first kappa shape index (κ1) is 19.8. The number of nitro groups is 1. The number of nitrogens with one attached hydrogen (secondary N) is 1. The fourth-order valence-corrected chi connectivity index (χ4v) is 4.80. The summed E-state index contributed by atoms with van der Waals surface area (Å²) in [6.45, 7) is 5.23. The molecule has 0 bridgehead atoms. The molecule has 1 fully saturated rings. The second kappa shape index (κ2) is 8.05. The minimum atomic E-state index is -3.74. The Hall–Kier alpha value is -1.22. The molecule has 1 aromatic rings. The number of hydrogen-bond donors (Lipinski definition) is 1. The van der Waals surface area contributed by atoms with E-state index in [4.69, 9.17) is 0 Å². The Morgan fingerprint density at radius 3 is 2.65 bits per heavy atom. The Morgan fingerprint density at radius 1 is 1.43 bits per heavy atom. The van der Waals surface area contributed by atoms with E-state index in [0.717, 1.165) is 13.0 Å². The molecule has 0 aliphatic carbocycles. The molecule has 1 atom stereocenters. The second-order valence-electron chi connectivity index (χ2n) is 5.42. The number of benzene rings is 1. The predicted molar refractivity (Wildman–Crippen MR) is 90.5 cm³/mol. The lowest BCUT2D eigenvalue weighted by molar-refractivity contribution is -0.385. The fourth-order valence-electron chi connectivity index (χ4n) is 2.81. The monoisotopic (exact) mass is 363 g/mol. The van der Waals surface area contributed by atoms with Gasteiger partial charge in [-0.2, -0.15) is 4.31 Å². The van der Waals surface area contributed by atoms with E-state index < -0.39 is 14.9 Å². The minimum absolute atomic E-state index is 0. The summed E-state index contributed by atoms with van der Waals surface area (Å²) in [6.07, 6.45) is 1.46. The lowest BCUT2D eigenvalue weighted by Gasteiger charge is -2.27. The van der Waals surface area contributed by atoms with Gasteiger partial charge in [0.2, 0.25) is 10.0 Å². The summed E-state index contributed by atoms with van der Waals surface area (Å²) in [7, 11) is -3.74. The summed E-state index contributed by atoms with van der Waals surface area (Å²) in [5, 5.41) is 14.2. The van der Waals surface area contributed by atoms with Gasteiger partial charge in [0.1, 0.15) is 0 Å². The molecule has 1 unspecified atom stereocenters. The van der Waals surface area contributed by atoms with Crippen LogP contribution in [0.4, 0.5) is 5.69 Å². The lowest BCUT2D eigenvalue weighted by Crippen LogP contribution is -2.42. The van der Waals surface area contributed by atoms with E-state index in [1.54, 1.807) is 0 Å². The summed E-state index contributed by atoms with van der Waals surface area (Å²) in [5.41, 5.74) is 0.0293. The van der Waals surface area contributed by atoms with Crippen LogP contribution in [0.2, 0.25) is 0 Å². The molecule has 23 heavy (non-hydrogen) atoms. The van der Waals surface area contributed by atoms with Gasteiger partial charge >= 0.3 is 0 Å². The van der Waals surface area contributed by atoms with Gasteiger partial charge in [-0.05, 0) is 32.4 Å². The zero-order valence-electron chi connectivity index (χ0n) is 13.2. The zero-order valence-corrected chi connectivity index (χ0v) is 14.8. The summed E-state index contributed by atoms with van der Waals surface area (Å²) in [6, 6.07) is 4.11. The van der Waals surface area contributed by atoms with Crippen LogP contribution in [0.1, 0.15) is 25.3 Å². The van der Waals surface area contributed by atoms with Crippen LogP contribution in [-0.4, -0.2) is 43.3 Å².